The standard InChI is InChI=1S/C10H12FNO4S/c1-6-3-8(11)5-9(4-6)17(15,16)12-7(2)10(13)14/h3-5,7,12H,1-2H3,(H,13,14)/t7-/m1/s1. The van der Waals surface area contributed by atoms with Crippen molar-refractivity contribution in [2.45, 2.75) is 24.8 Å². The number of rotatable bonds is 4. The van der Waals surface area contributed by atoms with Gasteiger partial charge in [0.15, 0.2) is 0 Å². The fourth-order valence-corrected chi connectivity index (χ4v) is 2.52. The Morgan fingerprint density at radius 1 is 1.41 bits per heavy atom. The van der Waals surface area contributed by atoms with Crippen LogP contribution in [-0.4, -0.2) is 25.5 Å². The first-order chi connectivity index (χ1) is 7.72. The molecule has 0 saturated carbocycles. The van der Waals surface area contributed by atoms with E-state index in [1.165, 1.54) is 19.1 Å². The number of sulfonamides is 1. The number of halogens is 1. The number of carbonyl (C=O) groups is 1. The molecule has 5 nitrogen and oxygen atoms in total. The van der Waals surface area contributed by atoms with Crippen LogP contribution in [0.25, 0.3) is 0 Å². The van der Waals surface area contributed by atoms with Gasteiger partial charge in [0, 0.05) is 0 Å². The molecule has 0 bridgehead atoms. The maximum atomic E-state index is 13.0. The van der Waals surface area contributed by atoms with E-state index in [0.29, 0.717) is 5.56 Å². The van der Waals surface area contributed by atoms with Gasteiger partial charge in [-0.15, -0.1) is 0 Å². The van der Waals surface area contributed by atoms with Crippen molar-refractivity contribution in [2.75, 3.05) is 0 Å². The highest BCUT2D eigenvalue weighted by Crippen LogP contribution is 2.14. The summed E-state index contributed by atoms with van der Waals surface area (Å²) in [5, 5.41) is 8.60. The minimum atomic E-state index is -4.02. The molecule has 0 unspecified atom stereocenters. The second-order valence-electron chi connectivity index (χ2n) is 3.65. The topological polar surface area (TPSA) is 83.5 Å². The highest BCUT2D eigenvalue weighted by Gasteiger charge is 2.22. The Labute approximate surface area is 98.3 Å². The van der Waals surface area contributed by atoms with E-state index >= 15 is 0 Å². The maximum Gasteiger partial charge on any atom is 0.321 e. The highest BCUT2D eigenvalue weighted by atomic mass is 32.2. The van der Waals surface area contributed by atoms with E-state index in [1.807, 2.05) is 4.72 Å². The zero-order valence-corrected chi connectivity index (χ0v) is 10.1. The molecule has 94 valence electrons. The fourth-order valence-electron chi connectivity index (χ4n) is 1.21. The lowest BCUT2D eigenvalue weighted by molar-refractivity contribution is -0.138. The number of carboxylic acids is 1. The van der Waals surface area contributed by atoms with Crippen molar-refractivity contribution >= 4 is 16.0 Å². The third-order valence-electron chi connectivity index (χ3n) is 2.03. The summed E-state index contributed by atoms with van der Waals surface area (Å²) < 4.78 is 38.4. The molecule has 7 heteroatoms. The van der Waals surface area contributed by atoms with Crippen LogP contribution >= 0.6 is 0 Å². The van der Waals surface area contributed by atoms with Gasteiger partial charge in [0.25, 0.3) is 0 Å². The molecule has 0 aromatic heterocycles. The van der Waals surface area contributed by atoms with Crippen LogP contribution in [0.3, 0.4) is 0 Å². The lowest BCUT2D eigenvalue weighted by Gasteiger charge is -2.10. The summed E-state index contributed by atoms with van der Waals surface area (Å²) in [5.41, 5.74) is 0.438. The first kappa shape index (κ1) is 13.6. The predicted octanol–water partition coefficient (Wildman–Crippen LogP) is 0.886. The molecule has 1 aromatic rings. The molecule has 0 saturated heterocycles. The smallest absolute Gasteiger partial charge is 0.321 e. The normalized spacial score (nSPS) is 13.4. The van der Waals surface area contributed by atoms with Gasteiger partial charge in [-0.3, -0.25) is 4.79 Å². The molecule has 0 spiro atoms. The lowest BCUT2D eigenvalue weighted by atomic mass is 10.2. The molecule has 1 rings (SSSR count). The predicted molar refractivity (Wildman–Crippen MR) is 58.6 cm³/mol. The zero-order chi connectivity index (χ0) is 13.2. The Morgan fingerprint density at radius 3 is 2.47 bits per heavy atom. The number of carboxylic acid groups (broad SMARTS) is 1. The van der Waals surface area contributed by atoms with Crippen molar-refractivity contribution in [1.29, 1.82) is 0 Å². The molecule has 0 aliphatic carbocycles. The van der Waals surface area contributed by atoms with E-state index in [-0.39, 0.29) is 4.90 Å². The molecule has 0 heterocycles. The second-order valence-corrected chi connectivity index (χ2v) is 5.36. The molecule has 1 atom stereocenters. The first-order valence-electron chi connectivity index (χ1n) is 4.75. The molecule has 0 radical (unpaired) electrons. The maximum absolute atomic E-state index is 13.0. The molecule has 2 N–H and O–H groups in total. The highest BCUT2D eigenvalue weighted by molar-refractivity contribution is 7.89. The average molecular weight is 261 g/mol. The van der Waals surface area contributed by atoms with Crippen molar-refractivity contribution in [3.8, 4) is 0 Å². The number of nitrogens with one attached hydrogen (secondary N) is 1. The van der Waals surface area contributed by atoms with Gasteiger partial charge in [-0.2, -0.15) is 4.72 Å². The number of hydrogen-bond donors (Lipinski definition) is 2. The van der Waals surface area contributed by atoms with Crippen LogP contribution in [-0.2, 0) is 14.8 Å². The van der Waals surface area contributed by atoms with Crippen molar-refractivity contribution in [3.05, 3.63) is 29.6 Å². The van der Waals surface area contributed by atoms with Crippen molar-refractivity contribution in [1.82, 2.24) is 4.72 Å². The second kappa shape index (κ2) is 4.80. The fraction of sp³-hybridized carbons (Fsp3) is 0.300. The minimum Gasteiger partial charge on any atom is -0.480 e. The summed E-state index contributed by atoms with van der Waals surface area (Å²) in [6.07, 6.45) is 0. The summed E-state index contributed by atoms with van der Waals surface area (Å²) in [7, 11) is -4.02. The van der Waals surface area contributed by atoms with E-state index in [4.69, 9.17) is 5.11 Å². The van der Waals surface area contributed by atoms with Gasteiger partial charge in [0.2, 0.25) is 10.0 Å². The molecule has 0 fully saturated rings. The zero-order valence-electron chi connectivity index (χ0n) is 9.27. The van der Waals surface area contributed by atoms with E-state index in [1.54, 1.807) is 6.92 Å². The Bertz CT molecular complexity index is 521. The van der Waals surface area contributed by atoms with Crippen LogP contribution in [0, 0.1) is 12.7 Å². The summed E-state index contributed by atoms with van der Waals surface area (Å²) in [4.78, 5) is 10.3. The number of benzene rings is 1. The van der Waals surface area contributed by atoms with Gasteiger partial charge >= 0.3 is 5.97 Å². The molecular formula is C10H12FNO4S. The molecule has 1 aromatic carbocycles. The van der Waals surface area contributed by atoms with Gasteiger partial charge in [0.1, 0.15) is 11.9 Å². The van der Waals surface area contributed by atoms with Crippen LogP contribution in [0.2, 0.25) is 0 Å². The van der Waals surface area contributed by atoms with Gasteiger partial charge in [0.05, 0.1) is 4.90 Å². The molecular weight excluding hydrogens is 249 g/mol. The van der Waals surface area contributed by atoms with E-state index < -0.39 is 27.9 Å². The van der Waals surface area contributed by atoms with E-state index in [2.05, 4.69) is 0 Å². The number of aryl methyl sites for hydroxylation is 1. The van der Waals surface area contributed by atoms with Gasteiger partial charge in [-0.1, -0.05) is 0 Å². The van der Waals surface area contributed by atoms with Crippen LogP contribution in [0.15, 0.2) is 23.1 Å². The van der Waals surface area contributed by atoms with Crippen LogP contribution in [0.4, 0.5) is 4.39 Å². The summed E-state index contributed by atoms with van der Waals surface area (Å²) in [6, 6.07) is 2.01. The molecule has 0 amide bonds. The van der Waals surface area contributed by atoms with Gasteiger partial charge < -0.3 is 5.11 Å². The summed E-state index contributed by atoms with van der Waals surface area (Å²) in [5.74, 6) is -1.99. The number of aliphatic carboxylic acids is 1. The Balaban J connectivity index is 3.09. The van der Waals surface area contributed by atoms with Crippen LogP contribution in [0.1, 0.15) is 12.5 Å². The monoisotopic (exact) mass is 261 g/mol. The van der Waals surface area contributed by atoms with Gasteiger partial charge in [-0.05, 0) is 37.6 Å². The SMILES string of the molecule is Cc1cc(F)cc(S(=O)(=O)N[C@H](C)C(=O)O)c1. The molecule has 0 aliphatic heterocycles. The lowest BCUT2D eigenvalue weighted by Crippen LogP contribution is -2.38. The van der Waals surface area contributed by atoms with Crippen molar-refractivity contribution < 1.29 is 22.7 Å². The molecule has 0 aliphatic rings. The van der Waals surface area contributed by atoms with E-state index in [0.717, 1.165) is 6.07 Å². The van der Waals surface area contributed by atoms with Crippen LogP contribution in [0.5, 0.6) is 0 Å². The Morgan fingerprint density at radius 2 is 2.00 bits per heavy atom. The third-order valence-corrected chi connectivity index (χ3v) is 3.55. The minimum absolute atomic E-state index is 0.289. The van der Waals surface area contributed by atoms with Crippen molar-refractivity contribution in [3.63, 3.8) is 0 Å². The Hall–Kier alpha value is -1.47. The first-order valence-corrected chi connectivity index (χ1v) is 6.23. The van der Waals surface area contributed by atoms with Crippen molar-refractivity contribution in [2.24, 2.45) is 0 Å². The Kier molecular flexibility index (Phi) is 3.84. The van der Waals surface area contributed by atoms with Gasteiger partial charge in [-0.25, -0.2) is 12.8 Å². The summed E-state index contributed by atoms with van der Waals surface area (Å²) >= 11 is 0. The number of hydrogen-bond acceptors (Lipinski definition) is 3. The largest absolute Gasteiger partial charge is 0.480 e. The quantitative estimate of drug-likeness (QED) is 0.843. The summed E-state index contributed by atoms with van der Waals surface area (Å²) in [6.45, 7) is 2.73. The van der Waals surface area contributed by atoms with Crippen LogP contribution < -0.4 is 4.72 Å². The average Bonchev–Trinajstić information content (AvgIpc) is 2.15. The molecule has 17 heavy (non-hydrogen) atoms. The third kappa shape index (κ3) is 3.50. The van der Waals surface area contributed by atoms with E-state index in [9.17, 15) is 17.6 Å².